The van der Waals surface area contributed by atoms with Gasteiger partial charge in [0.2, 0.25) is 5.78 Å². The van der Waals surface area contributed by atoms with Gasteiger partial charge in [-0.05, 0) is 30.3 Å². The molecule has 100 valence electrons. The lowest BCUT2D eigenvalue weighted by Crippen LogP contribution is -2.00. The molecule has 0 saturated carbocycles. The van der Waals surface area contributed by atoms with Gasteiger partial charge in [-0.25, -0.2) is 0 Å². The first-order valence-electron chi connectivity index (χ1n) is 6.06. The zero-order chi connectivity index (χ0) is 14.1. The van der Waals surface area contributed by atoms with Crippen LogP contribution in [0.4, 0.5) is 0 Å². The average molecular weight is 331 g/mol. The van der Waals surface area contributed by atoms with Crippen LogP contribution in [0.2, 0.25) is 0 Å². The molecular weight excluding hydrogens is 320 g/mol. The van der Waals surface area contributed by atoms with E-state index < -0.39 is 0 Å². The number of ketones is 1. The topological polar surface area (TPSA) is 39.4 Å². The van der Waals surface area contributed by atoms with Crippen molar-refractivity contribution >= 4 is 32.7 Å². The number of carbonyl (C=O) groups is 1. The zero-order valence-electron chi connectivity index (χ0n) is 10.7. The van der Waals surface area contributed by atoms with E-state index in [-0.39, 0.29) is 5.78 Å². The molecule has 2 aromatic carbocycles. The predicted molar refractivity (Wildman–Crippen MR) is 80.3 cm³/mol. The molecule has 0 saturated heterocycles. The third-order valence-electron chi connectivity index (χ3n) is 3.07. The molecule has 0 unspecified atom stereocenters. The van der Waals surface area contributed by atoms with Crippen LogP contribution in [0.5, 0.6) is 5.75 Å². The van der Waals surface area contributed by atoms with Gasteiger partial charge in [0.25, 0.3) is 0 Å². The molecule has 0 bridgehead atoms. The summed E-state index contributed by atoms with van der Waals surface area (Å²) in [5.74, 6) is 0.875. The second kappa shape index (κ2) is 5.13. The third-order valence-corrected chi connectivity index (χ3v) is 3.76. The number of benzene rings is 2. The molecule has 0 fully saturated rings. The van der Waals surface area contributed by atoms with Crippen molar-refractivity contribution < 1.29 is 13.9 Å². The fraction of sp³-hybridized carbons (Fsp3) is 0.0625. The van der Waals surface area contributed by atoms with Crippen LogP contribution in [0.3, 0.4) is 0 Å². The van der Waals surface area contributed by atoms with E-state index >= 15 is 0 Å². The first-order valence-corrected chi connectivity index (χ1v) is 6.85. The van der Waals surface area contributed by atoms with E-state index in [4.69, 9.17) is 9.15 Å². The van der Waals surface area contributed by atoms with Crippen molar-refractivity contribution in [2.75, 3.05) is 7.11 Å². The Kier molecular flexibility index (Phi) is 3.32. The second-order valence-electron chi connectivity index (χ2n) is 4.32. The number of halogens is 1. The minimum absolute atomic E-state index is 0.146. The van der Waals surface area contributed by atoms with Crippen LogP contribution in [0.1, 0.15) is 16.1 Å². The lowest BCUT2D eigenvalue weighted by Gasteiger charge is -2.00. The summed E-state index contributed by atoms with van der Waals surface area (Å²) in [6, 6.07) is 14.5. The fourth-order valence-corrected chi connectivity index (χ4v) is 2.49. The van der Waals surface area contributed by atoms with Gasteiger partial charge in [0.1, 0.15) is 11.3 Å². The number of rotatable bonds is 3. The van der Waals surface area contributed by atoms with Crippen LogP contribution < -0.4 is 4.74 Å². The second-order valence-corrected chi connectivity index (χ2v) is 5.18. The molecule has 0 aliphatic rings. The van der Waals surface area contributed by atoms with Gasteiger partial charge in [0.15, 0.2) is 5.76 Å². The Morgan fingerprint density at radius 1 is 1.15 bits per heavy atom. The summed E-state index contributed by atoms with van der Waals surface area (Å²) < 4.78 is 11.5. The van der Waals surface area contributed by atoms with E-state index in [0.717, 1.165) is 9.86 Å². The Balaban J connectivity index is 2.06. The lowest BCUT2D eigenvalue weighted by molar-refractivity contribution is 0.101. The first-order chi connectivity index (χ1) is 9.69. The van der Waals surface area contributed by atoms with Crippen molar-refractivity contribution in [2.24, 2.45) is 0 Å². The van der Waals surface area contributed by atoms with Crippen molar-refractivity contribution in [1.82, 2.24) is 0 Å². The van der Waals surface area contributed by atoms with Gasteiger partial charge >= 0.3 is 0 Å². The zero-order valence-corrected chi connectivity index (χ0v) is 12.3. The van der Waals surface area contributed by atoms with Crippen LogP contribution in [-0.4, -0.2) is 12.9 Å². The number of carbonyl (C=O) groups excluding carboxylic acids is 1. The molecule has 3 aromatic rings. The van der Waals surface area contributed by atoms with Gasteiger partial charge in [-0.1, -0.05) is 28.1 Å². The number of fused-ring (bicyclic) bond motifs is 1. The van der Waals surface area contributed by atoms with E-state index in [1.54, 1.807) is 25.3 Å². The summed E-state index contributed by atoms with van der Waals surface area (Å²) in [6.07, 6.45) is 0. The van der Waals surface area contributed by atoms with E-state index in [1.165, 1.54) is 0 Å². The van der Waals surface area contributed by atoms with Crippen LogP contribution in [-0.2, 0) is 0 Å². The maximum absolute atomic E-state index is 12.4. The highest BCUT2D eigenvalue weighted by molar-refractivity contribution is 9.10. The quantitative estimate of drug-likeness (QED) is 0.666. The number of hydrogen-bond donors (Lipinski definition) is 0. The van der Waals surface area contributed by atoms with E-state index in [9.17, 15) is 4.79 Å². The molecule has 0 spiro atoms. The Hall–Kier alpha value is -2.07. The Morgan fingerprint density at radius 3 is 2.70 bits per heavy atom. The Bertz CT molecular complexity index is 789. The minimum Gasteiger partial charge on any atom is -0.497 e. The fourth-order valence-electron chi connectivity index (χ4n) is 2.03. The molecular formula is C16H11BrO3. The number of furan rings is 1. The Morgan fingerprint density at radius 2 is 1.95 bits per heavy atom. The normalized spacial score (nSPS) is 10.7. The summed E-state index contributed by atoms with van der Waals surface area (Å²) >= 11 is 3.38. The van der Waals surface area contributed by atoms with E-state index in [2.05, 4.69) is 15.9 Å². The molecule has 20 heavy (non-hydrogen) atoms. The van der Waals surface area contributed by atoms with Crippen LogP contribution in [0.15, 0.2) is 57.4 Å². The summed E-state index contributed by atoms with van der Waals surface area (Å²) in [5, 5.41) is 0.876. The van der Waals surface area contributed by atoms with Gasteiger partial charge in [0, 0.05) is 21.5 Å². The van der Waals surface area contributed by atoms with Crippen molar-refractivity contribution in [3.8, 4) is 5.75 Å². The van der Waals surface area contributed by atoms with Crippen molar-refractivity contribution in [3.63, 3.8) is 0 Å². The molecule has 0 aliphatic heterocycles. The number of ether oxygens (including phenoxy) is 1. The Labute approximate surface area is 124 Å². The maximum atomic E-state index is 12.4. The number of hydrogen-bond acceptors (Lipinski definition) is 3. The van der Waals surface area contributed by atoms with Gasteiger partial charge < -0.3 is 9.15 Å². The molecule has 1 heterocycles. The van der Waals surface area contributed by atoms with Gasteiger partial charge in [-0.2, -0.15) is 0 Å². The van der Waals surface area contributed by atoms with E-state index in [1.807, 2.05) is 30.3 Å². The largest absolute Gasteiger partial charge is 0.497 e. The predicted octanol–water partition coefficient (Wildman–Crippen LogP) is 4.43. The van der Waals surface area contributed by atoms with Crippen LogP contribution in [0, 0.1) is 0 Å². The molecule has 0 amide bonds. The summed E-state index contributed by atoms with van der Waals surface area (Å²) in [7, 11) is 1.59. The van der Waals surface area contributed by atoms with Crippen LogP contribution in [0.25, 0.3) is 11.0 Å². The van der Waals surface area contributed by atoms with Crippen molar-refractivity contribution in [3.05, 3.63) is 64.3 Å². The standard InChI is InChI=1S/C16H11BrO3/c1-19-11-7-6-10-8-15(20-14(10)9-11)16(18)12-4-2-3-5-13(12)17/h2-9H,1H3. The third kappa shape index (κ3) is 2.23. The molecule has 1 aromatic heterocycles. The van der Waals surface area contributed by atoms with Gasteiger partial charge in [-0.3, -0.25) is 4.79 Å². The highest BCUT2D eigenvalue weighted by Crippen LogP contribution is 2.27. The molecule has 4 heteroatoms. The van der Waals surface area contributed by atoms with Crippen molar-refractivity contribution in [2.45, 2.75) is 0 Å². The molecule has 0 aliphatic carbocycles. The molecule has 0 radical (unpaired) electrons. The van der Waals surface area contributed by atoms with Crippen LogP contribution >= 0.6 is 15.9 Å². The number of methoxy groups -OCH3 is 1. The van der Waals surface area contributed by atoms with Gasteiger partial charge in [-0.15, -0.1) is 0 Å². The summed E-state index contributed by atoms with van der Waals surface area (Å²) in [6.45, 7) is 0. The minimum atomic E-state index is -0.146. The maximum Gasteiger partial charge on any atom is 0.229 e. The highest BCUT2D eigenvalue weighted by atomic mass is 79.9. The summed E-state index contributed by atoms with van der Waals surface area (Å²) in [5.41, 5.74) is 1.22. The first kappa shape index (κ1) is 12.9. The van der Waals surface area contributed by atoms with Crippen molar-refractivity contribution in [1.29, 1.82) is 0 Å². The monoisotopic (exact) mass is 330 g/mol. The highest BCUT2D eigenvalue weighted by Gasteiger charge is 2.17. The SMILES string of the molecule is COc1ccc2cc(C(=O)c3ccccc3Br)oc2c1. The lowest BCUT2D eigenvalue weighted by atomic mass is 10.1. The molecule has 3 rings (SSSR count). The average Bonchev–Trinajstić information content (AvgIpc) is 2.89. The molecule has 0 atom stereocenters. The van der Waals surface area contributed by atoms with E-state index in [0.29, 0.717) is 22.7 Å². The molecule has 0 N–H and O–H groups in total. The smallest absolute Gasteiger partial charge is 0.229 e. The summed E-state index contributed by atoms with van der Waals surface area (Å²) in [4.78, 5) is 12.4. The molecule has 3 nitrogen and oxygen atoms in total. The van der Waals surface area contributed by atoms with Gasteiger partial charge in [0.05, 0.1) is 7.11 Å².